The van der Waals surface area contributed by atoms with Crippen molar-refractivity contribution in [2.45, 2.75) is 18.6 Å². The molecule has 3 aromatic rings. The van der Waals surface area contributed by atoms with Crippen LogP contribution in [-0.2, 0) is 6.18 Å². The van der Waals surface area contributed by atoms with E-state index in [0.717, 1.165) is 30.8 Å². The molecule has 4 heterocycles. The van der Waals surface area contributed by atoms with Crippen molar-refractivity contribution in [1.29, 1.82) is 0 Å². The number of anilines is 3. The van der Waals surface area contributed by atoms with Gasteiger partial charge in [-0.15, -0.1) is 0 Å². The molecule has 2 aliphatic heterocycles. The van der Waals surface area contributed by atoms with Crippen LogP contribution in [0.4, 0.5) is 35.3 Å². The van der Waals surface area contributed by atoms with E-state index in [1.54, 1.807) is 48.5 Å². The highest BCUT2D eigenvalue weighted by atomic mass is 19.4. The number of rotatable bonds is 2. The number of benzene rings is 1. The maximum Gasteiger partial charge on any atom is 0.416 e. The minimum atomic E-state index is -4.44. The van der Waals surface area contributed by atoms with Gasteiger partial charge in [-0.05, 0) is 42.8 Å². The number of amides is 2. The molecule has 2 aliphatic rings. The first kappa shape index (κ1) is 20.3. The molecule has 1 atom stereocenters. The molecule has 0 N–H and O–H groups in total. The van der Waals surface area contributed by atoms with Gasteiger partial charge >= 0.3 is 12.2 Å². The zero-order valence-corrected chi connectivity index (χ0v) is 17.3. The molecule has 0 spiro atoms. The number of fused-ring (bicyclic) bond motifs is 4. The van der Waals surface area contributed by atoms with E-state index in [1.165, 1.54) is 11.0 Å². The Morgan fingerprint density at radius 3 is 2.72 bits per heavy atom. The lowest BCUT2D eigenvalue weighted by atomic mass is 10.1. The first-order valence-electron chi connectivity index (χ1n) is 10.2. The summed E-state index contributed by atoms with van der Waals surface area (Å²) < 4.78 is 39.6. The smallest absolute Gasteiger partial charge is 0.366 e. The fraction of sp³-hybridized carbons (Fsp3) is 0.261. The third kappa shape index (κ3) is 3.43. The monoisotopic (exact) mass is 439 g/mol. The molecule has 0 saturated carbocycles. The minimum Gasteiger partial charge on any atom is -0.366 e. The first-order valence-corrected chi connectivity index (χ1v) is 10.2. The molecule has 1 fully saturated rings. The van der Waals surface area contributed by atoms with Crippen LogP contribution in [0.3, 0.4) is 0 Å². The van der Waals surface area contributed by atoms with Gasteiger partial charge < -0.3 is 4.90 Å². The Labute approximate surface area is 182 Å². The standard InChI is InChI=1S/C23H20F3N5O/c1-29(20-7-2-3-11-27-20)22(32)31-17-10-12-30(14-17)19-9-8-18(28-21(19)31)15-5-4-6-16(13-15)23(24,25)26/h2-9,11,13,17H,10,12,14H2,1H3. The predicted octanol–water partition coefficient (Wildman–Crippen LogP) is 4.82. The van der Waals surface area contributed by atoms with Crippen molar-refractivity contribution in [3.63, 3.8) is 0 Å². The van der Waals surface area contributed by atoms with E-state index in [0.29, 0.717) is 29.4 Å². The highest BCUT2D eigenvalue weighted by Crippen LogP contribution is 2.41. The van der Waals surface area contributed by atoms with Gasteiger partial charge in [0.05, 0.1) is 23.0 Å². The normalized spacial score (nSPS) is 17.3. The number of hydrogen-bond donors (Lipinski definition) is 0. The van der Waals surface area contributed by atoms with Crippen molar-refractivity contribution < 1.29 is 18.0 Å². The van der Waals surface area contributed by atoms with E-state index in [2.05, 4.69) is 14.9 Å². The summed E-state index contributed by atoms with van der Waals surface area (Å²) in [6.07, 6.45) is -2.04. The Morgan fingerprint density at radius 2 is 1.97 bits per heavy atom. The molecule has 2 amide bonds. The van der Waals surface area contributed by atoms with Crippen molar-refractivity contribution >= 4 is 23.4 Å². The largest absolute Gasteiger partial charge is 0.416 e. The Bertz CT molecular complexity index is 1170. The van der Waals surface area contributed by atoms with Crippen LogP contribution >= 0.6 is 0 Å². The van der Waals surface area contributed by atoms with Crippen LogP contribution in [0.2, 0.25) is 0 Å². The molecule has 9 heteroatoms. The van der Waals surface area contributed by atoms with Gasteiger partial charge in [0.1, 0.15) is 5.82 Å². The molecule has 1 aromatic carbocycles. The van der Waals surface area contributed by atoms with Crippen molar-refractivity contribution in [3.05, 3.63) is 66.4 Å². The Hall–Kier alpha value is -3.62. The number of pyridine rings is 2. The second-order valence-corrected chi connectivity index (χ2v) is 7.91. The van der Waals surface area contributed by atoms with Crippen molar-refractivity contribution in [3.8, 4) is 11.3 Å². The van der Waals surface area contributed by atoms with Gasteiger partial charge in [0.15, 0.2) is 5.82 Å². The van der Waals surface area contributed by atoms with E-state index in [4.69, 9.17) is 0 Å². The Balaban J connectivity index is 1.56. The maximum absolute atomic E-state index is 13.5. The van der Waals surface area contributed by atoms with Gasteiger partial charge in [-0.3, -0.25) is 9.80 Å². The first-order chi connectivity index (χ1) is 15.3. The number of alkyl halides is 3. The summed E-state index contributed by atoms with van der Waals surface area (Å²) in [6, 6.07) is 13.6. The van der Waals surface area contributed by atoms with Gasteiger partial charge in [-0.25, -0.2) is 14.8 Å². The lowest BCUT2D eigenvalue weighted by Gasteiger charge is -2.37. The SMILES string of the molecule is CN(C(=O)N1c2nc(-c3cccc(C(F)(F)F)c3)ccc2N2CCC1C2)c1ccccn1. The van der Waals surface area contributed by atoms with E-state index in [-0.39, 0.29) is 12.1 Å². The number of aromatic nitrogens is 2. The zero-order chi connectivity index (χ0) is 22.5. The number of halogens is 3. The number of carbonyl (C=O) groups excluding carboxylic acids is 1. The van der Waals surface area contributed by atoms with E-state index in [9.17, 15) is 18.0 Å². The number of carbonyl (C=O) groups is 1. The molecule has 0 radical (unpaired) electrons. The molecule has 32 heavy (non-hydrogen) atoms. The Morgan fingerprint density at radius 1 is 1.12 bits per heavy atom. The molecule has 6 nitrogen and oxygen atoms in total. The summed E-state index contributed by atoms with van der Waals surface area (Å²) in [7, 11) is 1.66. The fourth-order valence-corrected chi connectivity index (χ4v) is 4.28. The molecular formula is C23H20F3N5O. The van der Waals surface area contributed by atoms with Gasteiger partial charge in [-0.2, -0.15) is 13.2 Å². The maximum atomic E-state index is 13.5. The minimum absolute atomic E-state index is 0.0644. The quantitative estimate of drug-likeness (QED) is 0.575. The van der Waals surface area contributed by atoms with E-state index in [1.807, 2.05) is 6.07 Å². The number of hydrogen-bond acceptors (Lipinski definition) is 4. The number of nitrogens with zero attached hydrogens (tertiary/aromatic N) is 5. The van der Waals surface area contributed by atoms with E-state index >= 15 is 0 Å². The summed E-state index contributed by atoms with van der Waals surface area (Å²) in [4.78, 5) is 27.7. The third-order valence-corrected chi connectivity index (χ3v) is 5.92. The highest BCUT2D eigenvalue weighted by molar-refractivity contribution is 6.05. The fourth-order valence-electron chi connectivity index (χ4n) is 4.28. The molecule has 1 unspecified atom stereocenters. The summed E-state index contributed by atoms with van der Waals surface area (Å²) in [6.45, 7) is 1.48. The summed E-state index contributed by atoms with van der Waals surface area (Å²) >= 11 is 0. The summed E-state index contributed by atoms with van der Waals surface area (Å²) in [5.41, 5.74) is 0.801. The Kier molecular flexibility index (Phi) is 4.76. The third-order valence-electron chi connectivity index (χ3n) is 5.92. The van der Waals surface area contributed by atoms with Gasteiger partial charge in [0.2, 0.25) is 0 Å². The molecule has 2 aromatic heterocycles. The van der Waals surface area contributed by atoms with Gasteiger partial charge in [-0.1, -0.05) is 18.2 Å². The molecular weight excluding hydrogens is 419 g/mol. The van der Waals surface area contributed by atoms with Crippen molar-refractivity contribution in [2.75, 3.05) is 34.8 Å². The van der Waals surface area contributed by atoms with Crippen molar-refractivity contribution in [1.82, 2.24) is 9.97 Å². The molecule has 0 aliphatic carbocycles. The summed E-state index contributed by atoms with van der Waals surface area (Å²) in [5, 5.41) is 0. The lowest BCUT2D eigenvalue weighted by Crippen LogP contribution is -2.51. The second kappa shape index (κ2) is 7.51. The van der Waals surface area contributed by atoms with Crippen LogP contribution in [0.15, 0.2) is 60.8 Å². The average molecular weight is 439 g/mol. The van der Waals surface area contributed by atoms with Crippen LogP contribution in [0.25, 0.3) is 11.3 Å². The molecule has 2 bridgehead atoms. The molecule has 164 valence electrons. The van der Waals surface area contributed by atoms with Crippen LogP contribution in [0.5, 0.6) is 0 Å². The van der Waals surface area contributed by atoms with Gasteiger partial charge in [0.25, 0.3) is 0 Å². The molecule has 1 saturated heterocycles. The highest BCUT2D eigenvalue weighted by Gasteiger charge is 2.41. The van der Waals surface area contributed by atoms with Crippen LogP contribution in [-0.4, -0.2) is 42.2 Å². The van der Waals surface area contributed by atoms with Crippen LogP contribution in [0, 0.1) is 0 Å². The van der Waals surface area contributed by atoms with E-state index < -0.39 is 11.7 Å². The predicted molar refractivity (Wildman–Crippen MR) is 116 cm³/mol. The molecule has 5 rings (SSSR count). The topological polar surface area (TPSA) is 52.6 Å². The lowest BCUT2D eigenvalue weighted by molar-refractivity contribution is -0.137. The zero-order valence-electron chi connectivity index (χ0n) is 17.3. The number of urea groups is 1. The van der Waals surface area contributed by atoms with Gasteiger partial charge in [0, 0.05) is 31.9 Å². The van der Waals surface area contributed by atoms with Crippen molar-refractivity contribution in [2.24, 2.45) is 0 Å². The second-order valence-electron chi connectivity index (χ2n) is 7.91. The average Bonchev–Trinajstić information content (AvgIpc) is 3.22. The van der Waals surface area contributed by atoms with Crippen LogP contribution in [0.1, 0.15) is 12.0 Å². The van der Waals surface area contributed by atoms with Crippen LogP contribution < -0.4 is 14.7 Å². The summed E-state index contributed by atoms with van der Waals surface area (Å²) in [5.74, 6) is 0.968.